The molecule has 1 saturated heterocycles. The van der Waals surface area contributed by atoms with E-state index in [4.69, 9.17) is 4.74 Å². The van der Waals surface area contributed by atoms with Crippen LogP contribution in [0.4, 0.5) is 0 Å². The van der Waals surface area contributed by atoms with Gasteiger partial charge in [0.05, 0.1) is 11.1 Å². The van der Waals surface area contributed by atoms with E-state index in [2.05, 4.69) is 39.3 Å². The summed E-state index contributed by atoms with van der Waals surface area (Å²) in [5, 5.41) is 14.7. The maximum atomic E-state index is 13.4. The Hall–Kier alpha value is -3.07. The number of carbonyl (C=O) groups excluding carboxylic acids is 1. The number of allylic oxidation sites excluding steroid dienone is 1. The van der Waals surface area contributed by atoms with E-state index < -0.39 is 0 Å². The molecule has 1 N–H and O–H groups in total. The molecule has 1 spiro atoms. The van der Waals surface area contributed by atoms with Crippen LogP contribution >= 0.6 is 0 Å². The maximum absolute atomic E-state index is 13.4. The highest BCUT2D eigenvalue weighted by Crippen LogP contribution is 2.48. The van der Waals surface area contributed by atoms with Crippen molar-refractivity contribution < 1.29 is 9.53 Å². The van der Waals surface area contributed by atoms with E-state index in [0.717, 1.165) is 49.9 Å². The Morgan fingerprint density at radius 2 is 2.16 bits per heavy atom. The van der Waals surface area contributed by atoms with E-state index in [9.17, 15) is 4.79 Å². The van der Waals surface area contributed by atoms with Crippen LogP contribution in [-0.2, 0) is 16.1 Å². The minimum absolute atomic E-state index is 0.211. The van der Waals surface area contributed by atoms with Crippen LogP contribution in [0.5, 0.6) is 0 Å². The number of hydrogen-bond acceptors (Lipinski definition) is 7. The molecule has 1 saturated carbocycles. The number of hydrogen-bond donors (Lipinski definition) is 1. The molecule has 1 atom stereocenters. The molecule has 4 heterocycles. The highest BCUT2D eigenvalue weighted by atomic mass is 16.5. The summed E-state index contributed by atoms with van der Waals surface area (Å²) in [6.07, 6.45) is 10.1. The first-order valence-corrected chi connectivity index (χ1v) is 10.8. The molecule has 2 aliphatic heterocycles. The number of ether oxygens (including phenoxy) is 1. The van der Waals surface area contributed by atoms with Crippen molar-refractivity contribution in [3.63, 3.8) is 0 Å². The first kappa shape index (κ1) is 19.9. The molecule has 9 nitrogen and oxygen atoms in total. The lowest BCUT2D eigenvalue weighted by Crippen LogP contribution is -2.42. The second-order valence-corrected chi connectivity index (χ2v) is 8.83. The number of nitrogens with zero attached hydrogens (tertiary/aromatic N) is 6. The average Bonchev–Trinajstić information content (AvgIpc) is 3.50. The monoisotopic (exact) mass is 421 g/mol. The molecule has 162 valence electrons. The van der Waals surface area contributed by atoms with Crippen LogP contribution in [-0.4, -0.2) is 54.7 Å². The lowest BCUT2D eigenvalue weighted by molar-refractivity contribution is -0.136. The standard InChI is InChI=1S/C22H27N7O2/c1-15-10-22(21(30)29(15)19-9-16(2)31-13-19)7-5-18(6-8-22)23-11-17-3-4-20(24-12-17)28-14-25-26-27-28/h3-4,9,12,14-15,18,23H,2,5-8,10-11,13H2,1H3/t15-,18-,22-/m1/s1. The Kier molecular flexibility index (Phi) is 5.05. The van der Waals surface area contributed by atoms with E-state index in [1.165, 1.54) is 11.0 Å². The van der Waals surface area contributed by atoms with Crippen molar-refractivity contribution >= 4 is 5.91 Å². The summed E-state index contributed by atoms with van der Waals surface area (Å²) in [7, 11) is 0. The van der Waals surface area contributed by atoms with Crippen LogP contribution < -0.4 is 5.32 Å². The first-order chi connectivity index (χ1) is 15.0. The van der Waals surface area contributed by atoms with Crippen molar-refractivity contribution in [2.75, 3.05) is 6.61 Å². The third-order valence-corrected chi connectivity index (χ3v) is 6.77. The van der Waals surface area contributed by atoms with Crippen molar-refractivity contribution in [2.45, 2.75) is 57.7 Å². The molecule has 2 aromatic heterocycles. The highest BCUT2D eigenvalue weighted by molar-refractivity contribution is 5.87. The summed E-state index contributed by atoms with van der Waals surface area (Å²) in [5.74, 6) is 1.60. The summed E-state index contributed by atoms with van der Waals surface area (Å²) in [6, 6.07) is 4.57. The maximum Gasteiger partial charge on any atom is 0.233 e. The highest BCUT2D eigenvalue weighted by Gasteiger charge is 2.52. The van der Waals surface area contributed by atoms with Gasteiger partial charge in [0.15, 0.2) is 5.82 Å². The summed E-state index contributed by atoms with van der Waals surface area (Å²) in [6.45, 7) is 7.19. The zero-order valence-corrected chi connectivity index (χ0v) is 17.7. The second kappa shape index (κ2) is 7.88. The first-order valence-electron chi connectivity index (χ1n) is 10.8. The molecule has 9 heteroatoms. The molecule has 2 aromatic rings. The molecule has 0 unspecified atom stereocenters. The second-order valence-electron chi connectivity index (χ2n) is 8.83. The number of pyridine rings is 1. The van der Waals surface area contributed by atoms with Crippen molar-refractivity contribution in [1.82, 2.24) is 35.4 Å². The minimum atomic E-state index is -0.225. The molecule has 5 rings (SSSR count). The molecule has 0 bridgehead atoms. The normalized spacial score (nSPS) is 28.3. The van der Waals surface area contributed by atoms with Crippen LogP contribution in [0.15, 0.2) is 48.8 Å². The van der Waals surface area contributed by atoms with Gasteiger partial charge in [-0.05, 0) is 61.1 Å². The zero-order chi connectivity index (χ0) is 21.4. The van der Waals surface area contributed by atoms with E-state index in [-0.39, 0.29) is 17.4 Å². The lowest BCUT2D eigenvalue weighted by Gasteiger charge is -2.36. The minimum Gasteiger partial charge on any atom is -0.488 e. The van der Waals surface area contributed by atoms with Gasteiger partial charge in [-0.15, -0.1) is 5.10 Å². The fourth-order valence-electron chi connectivity index (χ4n) is 5.17. The summed E-state index contributed by atoms with van der Waals surface area (Å²) in [4.78, 5) is 19.7. The quantitative estimate of drug-likeness (QED) is 0.790. The van der Waals surface area contributed by atoms with Crippen LogP contribution in [0.1, 0.15) is 44.6 Å². The SMILES string of the molecule is C=C1C=C(N2C(=O)[C@]3(CC[C@H](NCc4ccc(-n5cnnn5)nc4)CC3)C[C@H]2C)CO1. The fraction of sp³-hybridized carbons (Fsp3) is 0.500. The van der Waals surface area contributed by atoms with Gasteiger partial charge in [0.25, 0.3) is 0 Å². The summed E-state index contributed by atoms with van der Waals surface area (Å²) < 4.78 is 6.99. The van der Waals surface area contributed by atoms with Gasteiger partial charge in [0.2, 0.25) is 5.91 Å². The van der Waals surface area contributed by atoms with Crippen LogP contribution in [0.2, 0.25) is 0 Å². The van der Waals surface area contributed by atoms with Gasteiger partial charge in [-0.1, -0.05) is 12.6 Å². The average molecular weight is 422 g/mol. The number of aromatic nitrogens is 5. The Morgan fingerprint density at radius 1 is 1.32 bits per heavy atom. The van der Waals surface area contributed by atoms with Gasteiger partial charge in [0.1, 0.15) is 18.7 Å². The smallest absolute Gasteiger partial charge is 0.233 e. The van der Waals surface area contributed by atoms with Crippen molar-refractivity contribution in [3.05, 3.63) is 54.3 Å². The van der Waals surface area contributed by atoms with E-state index >= 15 is 0 Å². The summed E-state index contributed by atoms with van der Waals surface area (Å²) in [5.41, 5.74) is 1.84. The Bertz CT molecular complexity index is 991. The molecule has 0 aromatic carbocycles. The van der Waals surface area contributed by atoms with E-state index in [1.54, 1.807) is 0 Å². The molecular formula is C22H27N7O2. The van der Waals surface area contributed by atoms with Crippen LogP contribution in [0.25, 0.3) is 5.82 Å². The number of rotatable bonds is 5. The summed E-state index contributed by atoms with van der Waals surface area (Å²) >= 11 is 0. The third kappa shape index (κ3) is 3.74. The molecule has 3 aliphatic rings. The van der Waals surface area contributed by atoms with Gasteiger partial charge in [-0.2, -0.15) is 4.68 Å². The van der Waals surface area contributed by atoms with Gasteiger partial charge in [-0.3, -0.25) is 4.79 Å². The van der Waals surface area contributed by atoms with Crippen LogP contribution in [0.3, 0.4) is 0 Å². The Morgan fingerprint density at radius 3 is 2.81 bits per heavy atom. The van der Waals surface area contributed by atoms with Crippen molar-refractivity contribution in [2.24, 2.45) is 5.41 Å². The third-order valence-electron chi connectivity index (χ3n) is 6.77. The Labute approximate surface area is 181 Å². The molecule has 31 heavy (non-hydrogen) atoms. The molecule has 0 radical (unpaired) electrons. The number of likely N-dealkylation sites (tertiary alicyclic amines) is 1. The van der Waals surface area contributed by atoms with Gasteiger partial charge >= 0.3 is 0 Å². The topological polar surface area (TPSA) is 98.1 Å². The van der Waals surface area contributed by atoms with Crippen LogP contribution in [0, 0.1) is 5.41 Å². The number of carbonyl (C=O) groups is 1. The van der Waals surface area contributed by atoms with Crippen molar-refractivity contribution in [3.8, 4) is 5.82 Å². The van der Waals surface area contributed by atoms with Crippen molar-refractivity contribution in [1.29, 1.82) is 0 Å². The predicted molar refractivity (Wildman–Crippen MR) is 113 cm³/mol. The zero-order valence-electron chi connectivity index (χ0n) is 17.7. The lowest BCUT2D eigenvalue weighted by atomic mass is 9.70. The fourth-order valence-corrected chi connectivity index (χ4v) is 5.17. The number of amides is 1. The largest absolute Gasteiger partial charge is 0.488 e. The van der Waals surface area contributed by atoms with Gasteiger partial charge in [0, 0.05) is 30.9 Å². The molecule has 1 aliphatic carbocycles. The molecular weight excluding hydrogens is 394 g/mol. The number of nitrogens with one attached hydrogen (secondary N) is 1. The van der Waals surface area contributed by atoms with Gasteiger partial charge < -0.3 is 15.0 Å². The van der Waals surface area contributed by atoms with Gasteiger partial charge in [-0.25, -0.2) is 4.98 Å². The van der Waals surface area contributed by atoms with E-state index in [0.29, 0.717) is 24.2 Å². The molecule has 2 fully saturated rings. The van der Waals surface area contributed by atoms with E-state index in [1.807, 2.05) is 29.3 Å². The molecule has 1 amide bonds. The number of tetrazole rings is 1. The predicted octanol–water partition coefficient (Wildman–Crippen LogP) is 2.12. The Balaban J connectivity index is 1.16.